The van der Waals surface area contributed by atoms with Gasteiger partial charge in [0.05, 0.1) is 23.9 Å². The quantitative estimate of drug-likeness (QED) is 0.717. The van der Waals surface area contributed by atoms with Crippen LogP contribution in [-0.4, -0.2) is 24.8 Å². The first kappa shape index (κ1) is 15.5. The van der Waals surface area contributed by atoms with E-state index in [-0.39, 0.29) is 11.4 Å². The molecule has 0 aliphatic heterocycles. The predicted molar refractivity (Wildman–Crippen MR) is 84.0 cm³/mol. The van der Waals surface area contributed by atoms with Crippen molar-refractivity contribution in [2.75, 3.05) is 7.05 Å². The van der Waals surface area contributed by atoms with Crippen molar-refractivity contribution in [1.29, 1.82) is 0 Å². The fourth-order valence-electron chi connectivity index (χ4n) is 2.17. The van der Waals surface area contributed by atoms with Crippen molar-refractivity contribution in [3.8, 4) is 11.3 Å². The minimum Gasteiger partial charge on any atom is -0.468 e. The van der Waals surface area contributed by atoms with E-state index in [0.29, 0.717) is 17.4 Å². The number of nitrogens with zero attached hydrogens (tertiary/aromatic N) is 2. The van der Waals surface area contributed by atoms with E-state index in [1.165, 1.54) is 17.6 Å². The summed E-state index contributed by atoms with van der Waals surface area (Å²) in [5.41, 5.74) is 0.776. The molecular weight excluding hydrogens is 316 g/mol. The zero-order chi connectivity index (χ0) is 16.4. The predicted octanol–water partition coefficient (Wildman–Crippen LogP) is 3.06. The van der Waals surface area contributed by atoms with Crippen molar-refractivity contribution < 1.29 is 17.3 Å². The molecule has 0 saturated heterocycles. The Morgan fingerprint density at radius 1 is 1.17 bits per heavy atom. The number of benzene rings is 1. The number of furan rings is 1. The van der Waals surface area contributed by atoms with Gasteiger partial charge in [0.2, 0.25) is 10.0 Å². The van der Waals surface area contributed by atoms with Crippen molar-refractivity contribution in [3.63, 3.8) is 0 Å². The fourth-order valence-corrected chi connectivity index (χ4v) is 3.31. The lowest BCUT2D eigenvalue weighted by Crippen LogP contribution is -2.26. The molecule has 0 aliphatic carbocycles. The van der Waals surface area contributed by atoms with Gasteiger partial charge in [-0.15, -0.1) is 0 Å². The van der Waals surface area contributed by atoms with E-state index in [2.05, 4.69) is 4.98 Å². The number of sulfonamides is 1. The maximum Gasteiger partial charge on any atom is 0.243 e. The van der Waals surface area contributed by atoms with Gasteiger partial charge in [-0.05, 0) is 36.4 Å². The van der Waals surface area contributed by atoms with Crippen molar-refractivity contribution in [2.24, 2.45) is 0 Å². The van der Waals surface area contributed by atoms with E-state index in [9.17, 15) is 8.42 Å². The van der Waals surface area contributed by atoms with E-state index in [4.69, 9.17) is 8.83 Å². The minimum absolute atomic E-state index is 0.179. The molecule has 0 amide bonds. The molecule has 2 aromatic heterocycles. The molecule has 2 heterocycles. The molecule has 0 fully saturated rings. The Balaban J connectivity index is 1.82. The number of oxazole rings is 1. The average Bonchev–Trinajstić information content (AvgIpc) is 3.19. The molecule has 0 bridgehead atoms. The van der Waals surface area contributed by atoms with E-state index in [1.54, 1.807) is 49.5 Å². The topological polar surface area (TPSA) is 76.6 Å². The highest BCUT2D eigenvalue weighted by Crippen LogP contribution is 2.23. The van der Waals surface area contributed by atoms with Crippen LogP contribution in [0.5, 0.6) is 0 Å². The first-order valence-electron chi connectivity index (χ1n) is 6.98. The summed E-state index contributed by atoms with van der Waals surface area (Å²) in [6.07, 6.45) is 3.13. The Hall–Kier alpha value is -2.38. The second-order valence-electron chi connectivity index (χ2n) is 5.11. The Kier molecular flexibility index (Phi) is 4.06. The third-order valence-electron chi connectivity index (χ3n) is 3.43. The van der Waals surface area contributed by atoms with E-state index < -0.39 is 10.0 Å². The molecule has 6 nitrogen and oxygen atoms in total. The summed E-state index contributed by atoms with van der Waals surface area (Å²) >= 11 is 0. The first-order chi connectivity index (χ1) is 11.0. The van der Waals surface area contributed by atoms with Crippen LogP contribution in [0.25, 0.3) is 11.3 Å². The zero-order valence-electron chi connectivity index (χ0n) is 12.8. The number of hydrogen-bond acceptors (Lipinski definition) is 5. The first-order valence-corrected chi connectivity index (χ1v) is 8.42. The molecule has 0 N–H and O–H groups in total. The summed E-state index contributed by atoms with van der Waals surface area (Å²) in [5, 5.41) is 0. The normalized spacial score (nSPS) is 12.0. The summed E-state index contributed by atoms with van der Waals surface area (Å²) in [6, 6.07) is 9.98. The molecule has 23 heavy (non-hydrogen) atoms. The molecule has 7 heteroatoms. The lowest BCUT2D eigenvalue weighted by molar-refractivity contribution is 0.406. The Morgan fingerprint density at radius 2 is 1.91 bits per heavy atom. The molecule has 0 spiro atoms. The van der Waals surface area contributed by atoms with E-state index in [1.807, 2.05) is 0 Å². The van der Waals surface area contributed by atoms with Crippen LogP contribution in [0.1, 0.15) is 11.7 Å². The SMILES string of the molecule is Cc1ncc(-c2ccc(S(=O)(=O)N(C)Cc3ccco3)cc2)o1. The molecule has 3 rings (SSSR count). The third kappa shape index (κ3) is 3.20. The van der Waals surface area contributed by atoms with Crippen LogP contribution in [0.3, 0.4) is 0 Å². The minimum atomic E-state index is -3.58. The highest BCUT2D eigenvalue weighted by atomic mass is 32.2. The Labute approximate surface area is 134 Å². The summed E-state index contributed by atoms with van der Waals surface area (Å²) in [6.45, 7) is 1.93. The highest BCUT2D eigenvalue weighted by molar-refractivity contribution is 7.89. The standard InChI is InChI=1S/C16H16N2O4S/c1-12-17-10-16(22-12)13-5-7-15(8-6-13)23(19,20)18(2)11-14-4-3-9-21-14/h3-10H,11H2,1-2H3. The maximum atomic E-state index is 12.6. The molecule has 0 saturated carbocycles. The van der Waals surface area contributed by atoms with Gasteiger partial charge in [0.15, 0.2) is 11.7 Å². The molecule has 3 aromatic rings. The van der Waals surface area contributed by atoms with Crippen LogP contribution in [0.15, 0.2) is 62.6 Å². The Morgan fingerprint density at radius 3 is 2.48 bits per heavy atom. The summed E-state index contributed by atoms with van der Waals surface area (Å²) in [4.78, 5) is 4.24. The summed E-state index contributed by atoms with van der Waals surface area (Å²) in [7, 11) is -2.06. The summed E-state index contributed by atoms with van der Waals surface area (Å²) < 4.78 is 37.0. The fraction of sp³-hybridized carbons (Fsp3) is 0.188. The smallest absolute Gasteiger partial charge is 0.243 e. The third-order valence-corrected chi connectivity index (χ3v) is 5.24. The average molecular weight is 332 g/mol. The second-order valence-corrected chi connectivity index (χ2v) is 7.15. The van der Waals surface area contributed by atoms with Crippen LogP contribution in [0.4, 0.5) is 0 Å². The van der Waals surface area contributed by atoms with E-state index >= 15 is 0 Å². The van der Waals surface area contributed by atoms with Gasteiger partial charge in [0, 0.05) is 19.5 Å². The number of hydrogen-bond donors (Lipinski definition) is 0. The van der Waals surface area contributed by atoms with Gasteiger partial charge in [-0.25, -0.2) is 13.4 Å². The van der Waals surface area contributed by atoms with E-state index in [0.717, 1.165) is 5.56 Å². The van der Waals surface area contributed by atoms with Gasteiger partial charge in [0.1, 0.15) is 5.76 Å². The van der Waals surface area contributed by atoms with Crippen LogP contribution >= 0.6 is 0 Å². The molecule has 0 unspecified atom stereocenters. The zero-order valence-corrected chi connectivity index (χ0v) is 13.6. The number of rotatable bonds is 5. The number of aryl methyl sites for hydroxylation is 1. The van der Waals surface area contributed by atoms with Crippen molar-refractivity contribution in [3.05, 3.63) is 60.5 Å². The molecular formula is C16H16N2O4S. The maximum absolute atomic E-state index is 12.6. The monoisotopic (exact) mass is 332 g/mol. The molecule has 1 aromatic carbocycles. The molecule has 0 radical (unpaired) electrons. The second kappa shape index (κ2) is 6.02. The lowest BCUT2D eigenvalue weighted by atomic mass is 10.2. The van der Waals surface area contributed by atoms with Gasteiger partial charge in [-0.2, -0.15) is 4.31 Å². The molecule has 120 valence electrons. The van der Waals surface area contributed by atoms with Crippen LogP contribution in [0, 0.1) is 6.92 Å². The van der Waals surface area contributed by atoms with Gasteiger partial charge in [-0.1, -0.05) is 0 Å². The Bertz CT molecular complexity index is 881. The van der Waals surface area contributed by atoms with Crippen LogP contribution in [0.2, 0.25) is 0 Å². The summed E-state index contributed by atoms with van der Waals surface area (Å²) in [5.74, 6) is 1.76. The van der Waals surface area contributed by atoms with Crippen LogP contribution in [-0.2, 0) is 16.6 Å². The van der Waals surface area contributed by atoms with Crippen molar-refractivity contribution >= 4 is 10.0 Å². The lowest BCUT2D eigenvalue weighted by Gasteiger charge is -2.16. The van der Waals surface area contributed by atoms with Gasteiger partial charge < -0.3 is 8.83 Å². The van der Waals surface area contributed by atoms with Gasteiger partial charge >= 0.3 is 0 Å². The molecule has 0 atom stereocenters. The van der Waals surface area contributed by atoms with Crippen molar-refractivity contribution in [2.45, 2.75) is 18.4 Å². The molecule has 0 aliphatic rings. The largest absolute Gasteiger partial charge is 0.468 e. The highest BCUT2D eigenvalue weighted by Gasteiger charge is 2.21. The van der Waals surface area contributed by atoms with Crippen LogP contribution < -0.4 is 0 Å². The van der Waals surface area contributed by atoms with Crippen molar-refractivity contribution in [1.82, 2.24) is 9.29 Å². The van der Waals surface area contributed by atoms with Gasteiger partial charge in [-0.3, -0.25) is 0 Å². The number of aromatic nitrogens is 1. The van der Waals surface area contributed by atoms with Gasteiger partial charge in [0.25, 0.3) is 0 Å².